The summed E-state index contributed by atoms with van der Waals surface area (Å²) in [7, 11) is 0. The number of anilines is 1. The van der Waals surface area contributed by atoms with E-state index in [1.54, 1.807) is 29.3 Å². The normalized spacial score (nSPS) is 12.1. The molecule has 0 saturated heterocycles. The number of nitrogens with one attached hydrogen (secondary N) is 1. The highest BCUT2D eigenvalue weighted by Crippen LogP contribution is 2.17. The van der Waals surface area contributed by atoms with Gasteiger partial charge in [0.2, 0.25) is 5.91 Å². The van der Waals surface area contributed by atoms with Gasteiger partial charge in [0.25, 0.3) is 0 Å². The summed E-state index contributed by atoms with van der Waals surface area (Å²) in [4.78, 5) is 16.3. The van der Waals surface area contributed by atoms with Crippen molar-refractivity contribution in [2.24, 2.45) is 11.7 Å². The number of carbonyl (C=O) groups excluding carboxylic acids is 1. The van der Waals surface area contributed by atoms with Crippen LogP contribution < -0.4 is 11.1 Å². The van der Waals surface area contributed by atoms with Crippen LogP contribution in [0.2, 0.25) is 0 Å². The van der Waals surface area contributed by atoms with E-state index in [-0.39, 0.29) is 11.8 Å². The van der Waals surface area contributed by atoms with E-state index < -0.39 is 0 Å². The van der Waals surface area contributed by atoms with Crippen LogP contribution >= 0.6 is 0 Å². The molecule has 0 aliphatic carbocycles. The Balaban J connectivity index is 2.12. The summed E-state index contributed by atoms with van der Waals surface area (Å²) in [6.07, 6.45) is 6.43. The molecule has 0 aliphatic heterocycles. The molecule has 1 amide bonds. The zero-order valence-electron chi connectivity index (χ0n) is 11.5. The Morgan fingerprint density at radius 3 is 2.95 bits per heavy atom. The molecule has 106 valence electrons. The molecule has 0 radical (unpaired) electrons. The number of nitrogens with two attached hydrogens (primary N) is 1. The predicted molar refractivity (Wildman–Crippen MR) is 77.4 cm³/mol. The lowest BCUT2D eigenvalue weighted by molar-refractivity contribution is -0.117. The fraction of sp³-hybridized carbons (Fsp3) is 0.357. The highest BCUT2D eigenvalue weighted by molar-refractivity contribution is 5.92. The minimum absolute atomic E-state index is 0.0521. The molecule has 0 aromatic carbocycles. The lowest BCUT2D eigenvalue weighted by Gasteiger charge is -2.13. The number of aromatic nitrogens is 3. The zero-order valence-corrected chi connectivity index (χ0v) is 11.5. The predicted octanol–water partition coefficient (Wildman–Crippen LogP) is 1.58. The summed E-state index contributed by atoms with van der Waals surface area (Å²) in [5, 5.41) is 7.01. The first-order valence-electron chi connectivity index (χ1n) is 6.69. The summed E-state index contributed by atoms with van der Waals surface area (Å²) in [5.74, 6) is 0.759. The molecule has 2 heterocycles. The molecular weight excluding hydrogens is 254 g/mol. The Morgan fingerprint density at radius 1 is 1.45 bits per heavy atom. The van der Waals surface area contributed by atoms with Gasteiger partial charge in [-0.1, -0.05) is 13.3 Å². The third-order valence-corrected chi connectivity index (χ3v) is 3.17. The van der Waals surface area contributed by atoms with Gasteiger partial charge in [-0.3, -0.25) is 4.79 Å². The summed E-state index contributed by atoms with van der Waals surface area (Å²) in [6, 6.07) is 5.40. The monoisotopic (exact) mass is 273 g/mol. The van der Waals surface area contributed by atoms with Gasteiger partial charge < -0.3 is 11.1 Å². The van der Waals surface area contributed by atoms with Crippen LogP contribution in [0.15, 0.2) is 36.8 Å². The number of amides is 1. The Labute approximate surface area is 118 Å². The number of carbonyl (C=O) groups is 1. The zero-order chi connectivity index (χ0) is 14.4. The first-order valence-corrected chi connectivity index (χ1v) is 6.69. The van der Waals surface area contributed by atoms with Gasteiger partial charge in [0.05, 0.1) is 5.69 Å². The van der Waals surface area contributed by atoms with E-state index >= 15 is 0 Å². The van der Waals surface area contributed by atoms with Crippen LogP contribution in [-0.2, 0) is 4.79 Å². The molecule has 3 N–H and O–H groups in total. The van der Waals surface area contributed by atoms with Crippen molar-refractivity contribution in [2.75, 3.05) is 11.9 Å². The summed E-state index contributed by atoms with van der Waals surface area (Å²) in [6.45, 7) is 2.55. The van der Waals surface area contributed by atoms with Crippen molar-refractivity contribution in [3.05, 3.63) is 36.8 Å². The first kappa shape index (κ1) is 14.2. The summed E-state index contributed by atoms with van der Waals surface area (Å²) >= 11 is 0. The van der Waals surface area contributed by atoms with Crippen LogP contribution in [0.25, 0.3) is 5.82 Å². The van der Waals surface area contributed by atoms with Gasteiger partial charge in [0.15, 0.2) is 5.82 Å². The van der Waals surface area contributed by atoms with Gasteiger partial charge in [0.1, 0.15) is 0 Å². The van der Waals surface area contributed by atoms with Crippen LogP contribution in [0.1, 0.15) is 19.8 Å². The number of hydrogen-bond acceptors (Lipinski definition) is 4. The molecule has 20 heavy (non-hydrogen) atoms. The van der Waals surface area contributed by atoms with E-state index in [0.29, 0.717) is 24.5 Å². The van der Waals surface area contributed by atoms with Gasteiger partial charge in [-0.15, -0.1) is 0 Å². The van der Waals surface area contributed by atoms with Crippen molar-refractivity contribution in [1.29, 1.82) is 0 Å². The molecule has 0 aliphatic rings. The van der Waals surface area contributed by atoms with Crippen LogP contribution in [0.4, 0.5) is 5.69 Å². The van der Waals surface area contributed by atoms with Crippen molar-refractivity contribution in [2.45, 2.75) is 19.8 Å². The van der Waals surface area contributed by atoms with E-state index in [2.05, 4.69) is 15.4 Å². The fourth-order valence-electron chi connectivity index (χ4n) is 1.93. The maximum atomic E-state index is 12.0. The number of rotatable bonds is 6. The average molecular weight is 273 g/mol. The van der Waals surface area contributed by atoms with Gasteiger partial charge in [-0.25, -0.2) is 9.67 Å². The second-order valence-electron chi connectivity index (χ2n) is 4.59. The van der Waals surface area contributed by atoms with E-state index in [9.17, 15) is 4.79 Å². The summed E-state index contributed by atoms with van der Waals surface area (Å²) in [5.41, 5.74) is 6.27. The van der Waals surface area contributed by atoms with Crippen molar-refractivity contribution >= 4 is 11.6 Å². The Bertz CT molecular complexity index is 548. The largest absolute Gasteiger partial charge is 0.330 e. The van der Waals surface area contributed by atoms with Gasteiger partial charge in [0, 0.05) is 25.0 Å². The molecule has 0 spiro atoms. The third-order valence-electron chi connectivity index (χ3n) is 3.17. The minimum Gasteiger partial charge on any atom is -0.330 e. The number of nitrogens with zero attached hydrogens (tertiary/aromatic N) is 3. The van der Waals surface area contributed by atoms with Crippen LogP contribution in [0.3, 0.4) is 0 Å². The second-order valence-corrected chi connectivity index (χ2v) is 4.59. The molecule has 2 aromatic rings. The summed E-state index contributed by atoms with van der Waals surface area (Å²) < 4.78 is 1.62. The molecular formula is C14H19N5O. The van der Waals surface area contributed by atoms with Crippen molar-refractivity contribution < 1.29 is 4.79 Å². The highest BCUT2D eigenvalue weighted by atomic mass is 16.1. The fourth-order valence-corrected chi connectivity index (χ4v) is 1.93. The maximum absolute atomic E-state index is 12.0. The van der Waals surface area contributed by atoms with E-state index in [4.69, 9.17) is 5.73 Å². The van der Waals surface area contributed by atoms with E-state index in [0.717, 1.165) is 6.42 Å². The van der Waals surface area contributed by atoms with E-state index in [1.165, 1.54) is 0 Å². The standard InChI is InChI=1S/C14H19N5O/c1-2-11(10-15)9-13(20)18-12-5-3-6-16-14(12)19-8-4-7-17-19/h3-8,11H,2,9-10,15H2,1H3,(H,18,20). The van der Waals surface area contributed by atoms with Crippen molar-refractivity contribution in [3.8, 4) is 5.82 Å². The lowest BCUT2D eigenvalue weighted by Crippen LogP contribution is -2.22. The lowest BCUT2D eigenvalue weighted by atomic mass is 10.0. The van der Waals surface area contributed by atoms with Crippen LogP contribution in [0.5, 0.6) is 0 Å². The molecule has 2 aromatic heterocycles. The molecule has 1 atom stereocenters. The topological polar surface area (TPSA) is 85.8 Å². The van der Waals surface area contributed by atoms with Crippen LogP contribution in [-0.4, -0.2) is 27.2 Å². The maximum Gasteiger partial charge on any atom is 0.224 e. The van der Waals surface area contributed by atoms with Crippen molar-refractivity contribution in [3.63, 3.8) is 0 Å². The Hall–Kier alpha value is -2.21. The Morgan fingerprint density at radius 2 is 2.30 bits per heavy atom. The molecule has 6 heteroatoms. The molecule has 0 fully saturated rings. The third kappa shape index (κ3) is 3.42. The van der Waals surface area contributed by atoms with Gasteiger partial charge >= 0.3 is 0 Å². The average Bonchev–Trinajstić information content (AvgIpc) is 2.99. The molecule has 0 bridgehead atoms. The SMILES string of the molecule is CCC(CN)CC(=O)Nc1cccnc1-n1cccn1. The first-order chi connectivity index (χ1) is 9.74. The molecule has 1 unspecified atom stereocenters. The number of hydrogen-bond donors (Lipinski definition) is 2. The smallest absolute Gasteiger partial charge is 0.224 e. The Kier molecular flexibility index (Phi) is 4.84. The van der Waals surface area contributed by atoms with Crippen molar-refractivity contribution in [1.82, 2.24) is 14.8 Å². The molecule has 6 nitrogen and oxygen atoms in total. The van der Waals surface area contributed by atoms with Gasteiger partial charge in [-0.2, -0.15) is 5.10 Å². The minimum atomic E-state index is -0.0521. The highest BCUT2D eigenvalue weighted by Gasteiger charge is 2.13. The van der Waals surface area contributed by atoms with Crippen LogP contribution in [0, 0.1) is 5.92 Å². The second kappa shape index (κ2) is 6.81. The number of pyridine rings is 1. The van der Waals surface area contributed by atoms with Gasteiger partial charge in [-0.05, 0) is 30.7 Å². The van der Waals surface area contributed by atoms with E-state index in [1.807, 2.05) is 19.1 Å². The molecule has 2 rings (SSSR count). The quantitative estimate of drug-likeness (QED) is 0.836. The molecule has 0 saturated carbocycles.